The molecule has 27 heavy (non-hydrogen) atoms. The molecule has 0 fully saturated rings. The monoisotopic (exact) mass is 386 g/mol. The number of carbonyl (C=O) groups is 1. The van der Waals surface area contributed by atoms with Crippen molar-refractivity contribution in [2.75, 3.05) is 19.0 Å². The van der Waals surface area contributed by atoms with Gasteiger partial charge in [0.15, 0.2) is 0 Å². The lowest BCUT2D eigenvalue weighted by Gasteiger charge is -2.14. The minimum Gasteiger partial charge on any atom is -0.494 e. The summed E-state index contributed by atoms with van der Waals surface area (Å²) >= 11 is 6.12. The van der Waals surface area contributed by atoms with E-state index in [1.807, 2.05) is 31.2 Å². The molecular formula is C20H19ClN2O4. The Hall–Kier alpha value is -2.99. The molecule has 2 aromatic carbocycles. The van der Waals surface area contributed by atoms with Gasteiger partial charge in [-0.2, -0.15) is 0 Å². The molecule has 0 radical (unpaired) electrons. The number of aromatic amines is 1. The maximum absolute atomic E-state index is 12.4. The van der Waals surface area contributed by atoms with E-state index in [2.05, 4.69) is 10.3 Å². The largest absolute Gasteiger partial charge is 0.494 e. The molecule has 3 aromatic rings. The molecule has 140 valence electrons. The summed E-state index contributed by atoms with van der Waals surface area (Å²) in [4.78, 5) is 27.3. The molecular weight excluding hydrogens is 368 g/mol. The van der Waals surface area contributed by atoms with Crippen LogP contribution in [0.2, 0.25) is 5.02 Å². The van der Waals surface area contributed by atoms with E-state index in [1.54, 1.807) is 18.2 Å². The number of fused-ring (bicyclic) bond motifs is 1. The minimum atomic E-state index is -0.719. The van der Waals surface area contributed by atoms with Crippen LogP contribution in [0.5, 0.6) is 5.75 Å². The van der Waals surface area contributed by atoms with Crippen LogP contribution < -0.4 is 15.6 Å². The van der Waals surface area contributed by atoms with Crippen molar-refractivity contribution in [1.82, 2.24) is 4.98 Å². The zero-order valence-corrected chi connectivity index (χ0v) is 15.7. The lowest BCUT2D eigenvalue weighted by molar-refractivity contribution is 0.0600. The number of carbonyl (C=O) groups excluding carboxylic acids is 1. The first kappa shape index (κ1) is 18.8. The van der Waals surface area contributed by atoms with Crippen molar-refractivity contribution in [3.63, 3.8) is 0 Å². The Morgan fingerprint density at radius 3 is 2.78 bits per heavy atom. The van der Waals surface area contributed by atoms with Gasteiger partial charge in [0.05, 0.1) is 24.9 Å². The number of rotatable bonds is 6. The van der Waals surface area contributed by atoms with Crippen LogP contribution in [0.15, 0.2) is 47.3 Å². The molecule has 0 spiro atoms. The normalized spacial score (nSPS) is 10.6. The van der Waals surface area contributed by atoms with Crippen LogP contribution in [0.1, 0.15) is 22.8 Å². The number of anilines is 1. The average Bonchev–Trinajstić information content (AvgIpc) is 2.66. The molecule has 0 saturated heterocycles. The average molecular weight is 387 g/mol. The lowest BCUT2D eigenvalue weighted by atomic mass is 10.1. The van der Waals surface area contributed by atoms with Crippen LogP contribution in [-0.4, -0.2) is 24.7 Å². The van der Waals surface area contributed by atoms with Crippen molar-refractivity contribution in [2.45, 2.75) is 13.5 Å². The number of pyridine rings is 1. The molecule has 6 nitrogen and oxygen atoms in total. The van der Waals surface area contributed by atoms with Gasteiger partial charge in [0.1, 0.15) is 11.3 Å². The molecule has 0 aliphatic heterocycles. The third-order valence-electron chi connectivity index (χ3n) is 4.04. The van der Waals surface area contributed by atoms with Crippen molar-refractivity contribution in [3.05, 3.63) is 69.0 Å². The Morgan fingerprint density at radius 2 is 2.04 bits per heavy atom. The topological polar surface area (TPSA) is 80.4 Å². The Labute approximate surface area is 161 Å². The second kappa shape index (κ2) is 8.14. The van der Waals surface area contributed by atoms with Crippen molar-refractivity contribution >= 4 is 34.2 Å². The van der Waals surface area contributed by atoms with E-state index in [0.29, 0.717) is 34.8 Å². The van der Waals surface area contributed by atoms with E-state index in [9.17, 15) is 9.59 Å². The van der Waals surface area contributed by atoms with Gasteiger partial charge < -0.3 is 19.8 Å². The third-order valence-corrected chi connectivity index (χ3v) is 4.28. The summed E-state index contributed by atoms with van der Waals surface area (Å²) in [6, 6.07) is 12.6. The van der Waals surface area contributed by atoms with Crippen molar-refractivity contribution in [2.24, 2.45) is 0 Å². The highest BCUT2D eigenvalue weighted by molar-refractivity contribution is 6.31. The molecule has 2 N–H and O–H groups in total. The Morgan fingerprint density at radius 1 is 1.22 bits per heavy atom. The number of aromatic nitrogens is 1. The van der Waals surface area contributed by atoms with Gasteiger partial charge in [-0.3, -0.25) is 4.79 Å². The molecule has 0 aliphatic rings. The van der Waals surface area contributed by atoms with E-state index in [-0.39, 0.29) is 5.56 Å². The summed E-state index contributed by atoms with van der Waals surface area (Å²) in [6.07, 6.45) is 0. The van der Waals surface area contributed by atoms with Gasteiger partial charge in [0.2, 0.25) is 0 Å². The first-order valence-corrected chi connectivity index (χ1v) is 8.80. The molecule has 3 rings (SSSR count). The Kier molecular flexibility index (Phi) is 5.66. The van der Waals surface area contributed by atoms with E-state index >= 15 is 0 Å². The van der Waals surface area contributed by atoms with Crippen LogP contribution in [0.3, 0.4) is 0 Å². The number of hydrogen-bond acceptors (Lipinski definition) is 5. The maximum atomic E-state index is 12.4. The Bertz CT molecular complexity index is 1050. The quantitative estimate of drug-likeness (QED) is 0.626. The predicted octanol–water partition coefficient (Wildman–Crippen LogP) is 3.98. The fourth-order valence-electron chi connectivity index (χ4n) is 2.85. The fraction of sp³-hybridized carbons (Fsp3) is 0.200. The van der Waals surface area contributed by atoms with E-state index in [0.717, 1.165) is 11.3 Å². The molecule has 0 aliphatic carbocycles. The summed E-state index contributed by atoms with van der Waals surface area (Å²) in [5.41, 5.74) is 1.27. The number of esters is 1. The predicted molar refractivity (Wildman–Crippen MR) is 106 cm³/mol. The molecule has 1 heterocycles. The number of halogens is 1. The molecule has 0 saturated carbocycles. The Balaban J connectivity index is 2.05. The van der Waals surface area contributed by atoms with Gasteiger partial charge in [-0.1, -0.05) is 23.7 Å². The first-order valence-electron chi connectivity index (χ1n) is 8.43. The van der Waals surface area contributed by atoms with Crippen LogP contribution in [0.4, 0.5) is 5.69 Å². The third kappa shape index (κ3) is 4.06. The van der Waals surface area contributed by atoms with Crippen molar-refractivity contribution in [1.29, 1.82) is 0 Å². The summed E-state index contributed by atoms with van der Waals surface area (Å²) in [5, 5.41) is 4.31. The van der Waals surface area contributed by atoms with Gasteiger partial charge in [-0.15, -0.1) is 0 Å². The second-order valence-corrected chi connectivity index (χ2v) is 6.26. The molecule has 7 heteroatoms. The maximum Gasteiger partial charge on any atom is 0.345 e. The van der Waals surface area contributed by atoms with E-state index in [1.165, 1.54) is 7.11 Å². The van der Waals surface area contributed by atoms with Crippen LogP contribution >= 0.6 is 11.6 Å². The number of H-pyrrole nitrogens is 1. The van der Waals surface area contributed by atoms with Crippen molar-refractivity contribution in [3.8, 4) is 5.75 Å². The summed E-state index contributed by atoms with van der Waals surface area (Å²) in [6.45, 7) is 2.87. The van der Waals surface area contributed by atoms with Gasteiger partial charge >= 0.3 is 5.97 Å². The van der Waals surface area contributed by atoms with Gasteiger partial charge in [0.25, 0.3) is 5.56 Å². The highest BCUT2D eigenvalue weighted by Gasteiger charge is 2.20. The smallest absolute Gasteiger partial charge is 0.345 e. The van der Waals surface area contributed by atoms with Crippen molar-refractivity contribution < 1.29 is 14.3 Å². The highest BCUT2D eigenvalue weighted by Crippen LogP contribution is 2.28. The first-order chi connectivity index (χ1) is 13.0. The molecule has 0 amide bonds. The number of benzene rings is 2. The fourth-order valence-corrected chi connectivity index (χ4v) is 3.02. The summed E-state index contributed by atoms with van der Waals surface area (Å²) < 4.78 is 10.3. The van der Waals surface area contributed by atoms with Gasteiger partial charge in [-0.05, 0) is 42.8 Å². The zero-order valence-electron chi connectivity index (χ0n) is 15.0. The molecule has 1 aromatic heterocycles. The zero-order chi connectivity index (χ0) is 19.4. The number of methoxy groups -OCH3 is 1. The van der Waals surface area contributed by atoms with Crippen LogP contribution in [-0.2, 0) is 11.3 Å². The molecule has 0 unspecified atom stereocenters. The SMILES string of the molecule is CCOc1cccc(CNc2c(C(=O)OC)c(=O)[nH]c3ccc(Cl)cc23)c1. The van der Waals surface area contributed by atoms with Crippen LogP contribution in [0.25, 0.3) is 10.9 Å². The standard InChI is InChI=1S/C20H19ClN2O4/c1-3-27-14-6-4-5-12(9-14)11-22-18-15-10-13(21)7-8-16(15)23-19(24)17(18)20(25)26-2/h4-10H,3,11H2,1-2H3,(H2,22,23,24). The van der Waals surface area contributed by atoms with Crippen LogP contribution in [0, 0.1) is 0 Å². The lowest BCUT2D eigenvalue weighted by Crippen LogP contribution is -2.22. The number of hydrogen-bond donors (Lipinski definition) is 2. The van der Waals surface area contributed by atoms with Gasteiger partial charge in [-0.25, -0.2) is 4.79 Å². The molecule has 0 bridgehead atoms. The van der Waals surface area contributed by atoms with E-state index < -0.39 is 11.5 Å². The van der Waals surface area contributed by atoms with Gasteiger partial charge in [0, 0.05) is 17.0 Å². The minimum absolute atomic E-state index is 0.0896. The number of ether oxygens (including phenoxy) is 2. The van der Waals surface area contributed by atoms with E-state index in [4.69, 9.17) is 21.1 Å². The summed E-state index contributed by atoms with van der Waals surface area (Å²) in [7, 11) is 1.24. The summed E-state index contributed by atoms with van der Waals surface area (Å²) in [5.74, 6) is 0.0347. The second-order valence-electron chi connectivity index (χ2n) is 5.82. The number of nitrogens with one attached hydrogen (secondary N) is 2. The highest BCUT2D eigenvalue weighted by atomic mass is 35.5. The molecule has 0 atom stereocenters.